The first kappa shape index (κ1) is 11.9. The van der Waals surface area contributed by atoms with Crippen molar-refractivity contribution in [3.8, 4) is 0 Å². The second kappa shape index (κ2) is 6.21. The lowest BCUT2D eigenvalue weighted by Gasteiger charge is -2.06. The summed E-state index contributed by atoms with van der Waals surface area (Å²) in [6.45, 7) is 2.72. The fourth-order valence-corrected chi connectivity index (χ4v) is 1.64. The minimum atomic E-state index is 0.847. The average Bonchev–Trinajstić information content (AvgIpc) is 3.10. The van der Waals surface area contributed by atoms with E-state index in [1.165, 1.54) is 12.8 Å². The van der Waals surface area contributed by atoms with E-state index in [2.05, 4.69) is 26.2 Å². The molecule has 2 rings (SSSR count). The Hall–Kier alpha value is -0.610. The number of nitrogens with zero attached hydrogens (tertiary/aromatic N) is 1. The monoisotopic (exact) mass is 284 g/mol. The highest BCUT2D eigenvalue weighted by molar-refractivity contribution is 9.10. The standard InChI is InChI=1S/C12H17BrN2O/c13-11-4-5-12(15-8-11)14-6-1-7-16-9-10-2-3-10/h4-5,8,10H,1-3,6-7,9H2,(H,14,15). The van der Waals surface area contributed by atoms with Crippen molar-refractivity contribution < 1.29 is 4.74 Å². The van der Waals surface area contributed by atoms with Crippen molar-refractivity contribution in [2.24, 2.45) is 5.92 Å². The number of hydrogen-bond acceptors (Lipinski definition) is 3. The van der Waals surface area contributed by atoms with E-state index < -0.39 is 0 Å². The molecule has 1 aromatic rings. The molecule has 1 aromatic heterocycles. The molecule has 1 aliphatic carbocycles. The van der Waals surface area contributed by atoms with Crippen LogP contribution in [0.4, 0.5) is 5.82 Å². The molecule has 1 saturated carbocycles. The second-order valence-corrected chi connectivity index (χ2v) is 5.08. The van der Waals surface area contributed by atoms with Gasteiger partial charge in [0.2, 0.25) is 0 Å². The molecule has 4 heteroatoms. The van der Waals surface area contributed by atoms with Crippen LogP contribution >= 0.6 is 15.9 Å². The maximum absolute atomic E-state index is 5.55. The first-order chi connectivity index (χ1) is 7.84. The number of nitrogens with one attached hydrogen (secondary N) is 1. The molecule has 1 fully saturated rings. The molecular weight excluding hydrogens is 268 g/mol. The Morgan fingerprint density at radius 3 is 3.00 bits per heavy atom. The van der Waals surface area contributed by atoms with Crippen LogP contribution in [0.5, 0.6) is 0 Å². The molecule has 0 spiro atoms. The van der Waals surface area contributed by atoms with Crippen LogP contribution in [0.25, 0.3) is 0 Å². The van der Waals surface area contributed by atoms with Gasteiger partial charge in [0.1, 0.15) is 5.82 Å². The van der Waals surface area contributed by atoms with E-state index in [1.807, 2.05) is 12.1 Å². The zero-order valence-corrected chi connectivity index (χ0v) is 10.9. The average molecular weight is 285 g/mol. The van der Waals surface area contributed by atoms with Gasteiger partial charge in [-0.15, -0.1) is 0 Å². The summed E-state index contributed by atoms with van der Waals surface area (Å²) in [6.07, 6.45) is 5.55. The van der Waals surface area contributed by atoms with Crippen molar-refractivity contribution in [3.63, 3.8) is 0 Å². The van der Waals surface area contributed by atoms with Gasteiger partial charge in [0.25, 0.3) is 0 Å². The molecule has 0 aliphatic heterocycles. The van der Waals surface area contributed by atoms with E-state index in [1.54, 1.807) is 6.20 Å². The van der Waals surface area contributed by atoms with Gasteiger partial charge in [-0.2, -0.15) is 0 Å². The summed E-state index contributed by atoms with van der Waals surface area (Å²) in [4.78, 5) is 4.24. The van der Waals surface area contributed by atoms with Crippen LogP contribution in [0.15, 0.2) is 22.8 Å². The lowest BCUT2D eigenvalue weighted by molar-refractivity contribution is 0.124. The topological polar surface area (TPSA) is 34.1 Å². The van der Waals surface area contributed by atoms with Crippen molar-refractivity contribution >= 4 is 21.7 Å². The molecule has 88 valence electrons. The van der Waals surface area contributed by atoms with Crippen molar-refractivity contribution in [2.45, 2.75) is 19.3 Å². The lowest BCUT2D eigenvalue weighted by atomic mass is 10.4. The SMILES string of the molecule is Brc1ccc(NCCCOCC2CC2)nc1. The van der Waals surface area contributed by atoms with Crippen molar-refractivity contribution in [3.05, 3.63) is 22.8 Å². The van der Waals surface area contributed by atoms with Gasteiger partial charge in [-0.25, -0.2) is 4.98 Å². The van der Waals surface area contributed by atoms with Crippen molar-refractivity contribution in [1.82, 2.24) is 4.98 Å². The van der Waals surface area contributed by atoms with Gasteiger partial charge in [-0.1, -0.05) is 0 Å². The van der Waals surface area contributed by atoms with Crippen LogP contribution in [-0.2, 0) is 4.74 Å². The molecule has 0 atom stereocenters. The lowest BCUT2D eigenvalue weighted by Crippen LogP contribution is -2.07. The number of anilines is 1. The predicted octanol–water partition coefficient (Wildman–Crippen LogP) is 3.07. The Bertz CT molecular complexity index is 311. The molecular formula is C12H17BrN2O. The number of aromatic nitrogens is 1. The van der Waals surface area contributed by atoms with Crippen molar-refractivity contribution in [1.29, 1.82) is 0 Å². The molecule has 0 bridgehead atoms. The van der Waals surface area contributed by atoms with Crippen LogP contribution in [0.1, 0.15) is 19.3 Å². The summed E-state index contributed by atoms with van der Waals surface area (Å²) >= 11 is 3.36. The summed E-state index contributed by atoms with van der Waals surface area (Å²) in [6, 6.07) is 3.95. The molecule has 0 aromatic carbocycles. The Balaban J connectivity index is 1.51. The summed E-state index contributed by atoms with van der Waals surface area (Å²) in [5, 5.41) is 3.26. The van der Waals surface area contributed by atoms with Crippen molar-refractivity contribution in [2.75, 3.05) is 25.1 Å². The van der Waals surface area contributed by atoms with E-state index in [4.69, 9.17) is 4.74 Å². The van der Waals surface area contributed by atoms with Gasteiger partial charge in [0.05, 0.1) is 0 Å². The minimum Gasteiger partial charge on any atom is -0.381 e. The summed E-state index contributed by atoms with van der Waals surface area (Å²) in [7, 11) is 0. The van der Waals surface area contributed by atoms with Gasteiger partial charge in [0, 0.05) is 30.4 Å². The number of ether oxygens (including phenoxy) is 1. The van der Waals surface area contributed by atoms with Crippen LogP contribution in [0.2, 0.25) is 0 Å². The van der Waals surface area contributed by atoms with Gasteiger partial charge in [-0.05, 0) is 53.2 Å². The molecule has 1 N–H and O–H groups in total. The molecule has 0 radical (unpaired) electrons. The third-order valence-corrected chi connectivity index (χ3v) is 3.02. The maximum atomic E-state index is 5.55. The third kappa shape index (κ3) is 4.49. The Morgan fingerprint density at radius 1 is 1.44 bits per heavy atom. The molecule has 1 heterocycles. The highest BCUT2D eigenvalue weighted by Gasteiger charge is 2.20. The van der Waals surface area contributed by atoms with Crippen LogP contribution < -0.4 is 5.32 Å². The second-order valence-electron chi connectivity index (χ2n) is 4.16. The number of halogens is 1. The molecule has 16 heavy (non-hydrogen) atoms. The molecule has 0 unspecified atom stereocenters. The third-order valence-electron chi connectivity index (χ3n) is 2.55. The number of rotatable bonds is 7. The van der Waals surface area contributed by atoms with Gasteiger partial charge < -0.3 is 10.1 Å². The predicted molar refractivity (Wildman–Crippen MR) is 68.6 cm³/mol. The van der Waals surface area contributed by atoms with E-state index in [0.29, 0.717) is 0 Å². The maximum Gasteiger partial charge on any atom is 0.125 e. The van der Waals surface area contributed by atoms with E-state index in [9.17, 15) is 0 Å². The summed E-state index contributed by atoms with van der Waals surface area (Å²) in [5.74, 6) is 1.78. The van der Waals surface area contributed by atoms with Gasteiger partial charge >= 0.3 is 0 Å². The minimum absolute atomic E-state index is 0.847. The normalized spacial score (nSPS) is 15.1. The Morgan fingerprint density at radius 2 is 2.31 bits per heavy atom. The zero-order valence-electron chi connectivity index (χ0n) is 9.29. The fraction of sp³-hybridized carbons (Fsp3) is 0.583. The van der Waals surface area contributed by atoms with E-state index in [0.717, 1.165) is 42.4 Å². The van der Waals surface area contributed by atoms with Gasteiger partial charge in [0.15, 0.2) is 0 Å². The number of hydrogen-bond donors (Lipinski definition) is 1. The molecule has 0 amide bonds. The Kier molecular flexibility index (Phi) is 4.60. The summed E-state index contributed by atoms with van der Waals surface area (Å²) in [5.41, 5.74) is 0. The fourth-order valence-electron chi connectivity index (χ4n) is 1.41. The highest BCUT2D eigenvalue weighted by Crippen LogP contribution is 2.28. The van der Waals surface area contributed by atoms with E-state index in [-0.39, 0.29) is 0 Å². The highest BCUT2D eigenvalue weighted by atomic mass is 79.9. The molecule has 0 saturated heterocycles. The van der Waals surface area contributed by atoms with Crippen LogP contribution in [0.3, 0.4) is 0 Å². The largest absolute Gasteiger partial charge is 0.381 e. The van der Waals surface area contributed by atoms with E-state index >= 15 is 0 Å². The van der Waals surface area contributed by atoms with Gasteiger partial charge in [-0.3, -0.25) is 0 Å². The molecule has 1 aliphatic rings. The van der Waals surface area contributed by atoms with Crippen LogP contribution in [-0.4, -0.2) is 24.7 Å². The Labute approximate surface area is 105 Å². The number of pyridine rings is 1. The molecule has 3 nitrogen and oxygen atoms in total. The first-order valence-electron chi connectivity index (χ1n) is 5.78. The smallest absolute Gasteiger partial charge is 0.125 e. The van der Waals surface area contributed by atoms with Crippen LogP contribution in [0, 0.1) is 5.92 Å². The summed E-state index contributed by atoms with van der Waals surface area (Å²) < 4.78 is 6.55. The first-order valence-corrected chi connectivity index (χ1v) is 6.57. The quantitative estimate of drug-likeness (QED) is 0.782. The zero-order chi connectivity index (χ0) is 11.2.